The predicted octanol–water partition coefficient (Wildman–Crippen LogP) is 2.41. The van der Waals surface area contributed by atoms with Crippen LogP contribution >= 0.6 is 12.2 Å². The molecule has 3 nitrogen and oxygen atoms in total. The lowest BCUT2D eigenvalue weighted by molar-refractivity contribution is -0.176. The van der Waals surface area contributed by atoms with Crippen LogP contribution in [0.1, 0.15) is 11.1 Å². The van der Waals surface area contributed by atoms with E-state index < -0.39 is 12.8 Å². The van der Waals surface area contributed by atoms with Crippen molar-refractivity contribution in [3.8, 4) is 5.75 Å². The molecule has 1 aromatic rings. The number of halogens is 3. The lowest BCUT2D eigenvalue weighted by Crippen LogP contribution is -2.17. The first-order valence-corrected chi connectivity index (χ1v) is 5.35. The molecule has 0 saturated heterocycles. The van der Waals surface area contributed by atoms with E-state index in [0.29, 0.717) is 16.9 Å². The van der Waals surface area contributed by atoms with Gasteiger partial charge in [-0.3, -0.25) is 0 Å². The molecule has 1 aromatic carbocycles. The molecule has 0 aliphatic heterocycles. The highest BCUT2D eigenvalue weighted by Crippen LogP contribution is 2.21. The van der Waals surface area contributed by atoms with Gasteiger partial charge in [0.05, 0.1) is 19.3 Å². The van der Waals surface area contributed by atoms with Crippen LogP contribution in [0.3, 0.4) is 0 Å². The Hall–Kier alpha value is -1.34. The fourth-order valence-electron chi connectivity index (χ4n) is 1.32. The fraction of sp³-hybridized carbons (Fsp3) is 0.364. The summed E-state index contributed by atoms with van der Waals surface area (Å²) >= 11 is 4.82. The molecule has 0 radical (unpaired) electrons. The van der Waals surface area contributed by atoms with Crippen molar-refractivity contribution in [2.45, 2.75) is 12.8 Å². The average molecular weight is 279 g/mol. The van der Waals surface area contributed by atoms with Gasteiger partial charge in [0, 0.05) is 0 Å². The largest absolute Gasteiger partial charge is 0.496 e. The van der Waals surface area contributed by atoms with Gasteiger partial charge in [-0.05, 0) is 17.7 Å². The molecule has 2 N–H and O–H groups in total. The molecule has 0 spiro atoms. The summed E-state index contributed by atoms with van der Waals surface area (Å²) in [5.41, 5.74) is 6.50. The molecule has 0 fully saturated rings. The normalized spacial score (nSPS) is 11.3. The van der Waals surface area contributed by atoms with Gasteiger partial charge in [0.15, 0.2) is 0 Å². The van der Waals surface area contributed by atoms with Crippen molar-refractivity contribution < 1.29 is 22.6 Å². The van der Waals surface area contributed by atoms with Crippen molar-refractivity contribution >= 4 is 17.2 Å². The molecule has 0 amide bonds. The summed E-state index contributed by atoms with van der Waals surface area (Å²) in [5, 5.41) is 0. The Kier molecular flexibility index (Phi) is 4.92. The molecular formula is C11H12F3NO2S. The van der Waals surface area contributed by atoms with E-state index in [1.807, 2.05) is 0 Å². The second kappa shape index (κ2) is 6.01. The lowest BCUT2D eigenvalue weighted by Gasteiger charge is -2.11. The maximum absolute atomic E-state index is 11.9. The first kappa shape index (κ1) is 14.7. The van der Waals surface area contributed by atoms with E-state index in [0.717, 1.165) is 0 Å². The van der Waals surface area contributed by atoms with Crippen LogP contribution < -0.4 is 10.5 Å². The van der Waals surface area contributed by atoms with Gasteiger partial charge in [-0.25, -0.2) is 0 Å². The van der Waals surface area contributed by atoms with Crippen LogP contribution in [0.5, 0.6) is 5.75 Å². The number of methoxy groups -OCH3 is 1. The summed E-state index contributed by atoms with van der Waals surface area (Å²) in [5.74, 6) is 0.474. The van der Waals surface area contributed by atoms with Gasteiger partial charge < -0.3 is 15.2 Å². The molecule has 0 aromatic heterocycles. The highest BCUT2D eigenvalue weighted by atomic mass is 32.1. The van der Waals surface area contributed by atoms with Gasteiger partial charge in [0.1, 0.15) is 17.3 Å². The van der Waals surface area contributed by atoms with Crippen molar-refractivity contribution in [2.75, 3.05) is 13.7 Å². The Morgan fingerprint density at radius 1 is 1.39 bits per heavy atom. The quantitative estimate of drug-likeness (QED) is 0.841. The number of hydrogen-bond donors (Lipinski definition) is 1. The summed E-state index contributed by atoms with van der Waals surface area (Å²) < 4.78 is 45.3. The third-order valence-electron chi connectivity index (χ3n) is 2.06. The fourth-order valence-corrected chi connectivity index (χ4v) is 1.48. The predicted molar refractivity (Wildman–Crippen MR) is 64.6 cm³/mol. The van der Waals surface area contributed by atoms with E-state index in [4.69, 9.17) is 22.7 Å². The third kappa shape index (κ3) is 4.50. The molecule has 0 saturated carbocycles. The topological polar surface area (TPSA) is 44.5 Å². The van der Waals surface area contributed by atoms with E-state index in [-0.39, 0.29) is 11.6 Å². The van der Waals surface area contributed by atoms with Crippen molar-refractivity contribution in [3.63, 3.8) is 0 Å². The molecule has 7 heteroatoms. The van der Waals surface area contributed by atoms with Crippen LogP contribution in [0.2, 0.25) is 0 Å². The monoisotopic (exact) mass is 279 g/mol. The van der Waals surface area contributed by atoms with E-state index in [2.05, 4.69) is 4.74 Å². The zero-order chi connectivity index (χ0) is 13.8. The molecule has 0 aliphatic carbocycles. The molecule has 0 heterocycles. The minimum atomic E-state index is -4.33. The Balaban J connectivity index is 2.73. The zero-order valence-electron chi connectivity index (χ0n) is 9.58. The van der Waals surface area contributed by atoms with E-state index >= 15 is 0 Å². The van der Waals surface area contributed by atoms with Crippen LogP contribution in [-0.2, 0) is 11.3 Å². The minimum Gasteiger partial charge on any atom is -0.496 e. The molecule has 0 aliphatic rings. The first-order valence-electron chi connectivity index (χ1n) is 4.94. The molecule has 18 heavy (non-hydrogen) atoms. The number of thiocarbonyl (C=S) groups is 1. The zero-order valence-corrected chi connectivity index (χ0v) is 10.4. The lowest BCUT2D eigenvalue weighted by atomic mass is 10.1. The Morgan fingerprint density at radius 3 is 2.56 bits per heavy atom. The minimum absolute atomic E-state index is 0.115. The molecule has 0 unspecified atom stereocenters. The molecule has 0 atom stereocenters. The second-order valence-corrected chi connectivity index (χ2v) is 3.95. The van der Waals surface area contributed by atoms with E-state index in [1.165, 1.54) is 7.11 Å². The summed E-state index contributed by atoms with van der Waals surface area (Å²) in [6.45, 7) is -1.46. The SMILES string of the molecule is COc1ccc(COCC(F)(F)F)cc1C(N)=S. The Bertz CT molecular complexity index is 435. The van der Waals surface area contributed by atoms with Gasteiger partial charge in [0.25, 0.3) is 0 Å². The van der Waals surface area contributed by atoms with Gasteiger partial charge in [0.2, 0.25) is 0 Å². The first-order chi connectivity index (χ1) is 8.33. The molecule has 0 bridgehead atoms. The van der Waals surface area contributed by atoms with Crippen LogP contribution in [0, 0.1) is 0 Å². The average Bonchev–Trinajstić information content (AvgIpc) is 2.27. The summed E-state index contributed by atoms with van der Waals surface area (Å²) in [6, 6.07) is 4.73. The third-order valence-corrected chi connectivity index (χ3v) is 2.28. The number of nitrogens with two attached hydrogens (primary N) is 1. The number of hydrogen-bond acceptors (Lipinski definition) is 3. The van der Waals surface area contributed by atoms with Gasteiger partial charge in [-0.2, -0.15) is 13.2 Å². The van der Waals surface area contributed by atoms with Crippen LogP contribution in [0.25, 0.3) is 0 Å². The summed E-state index contributed by atoms with van der Waals surface area (Å²) in [7, 11) is 1.46. The van der Waals surface area contributed by atoms with Crippen LogP contribution in [0.4, 0.5) is 13.2 Å². The van der Waals surface area contributed by atoms with Gasteiger partial charge >= 0.3 is 6.18 Å². The van der Waals surface area contributed by atoms with Crippen molar-refractivity contribution in [3.05, 3.63) is 29.3 Å². The second-order valence-electron chi connectivity index (χ2n) is 3.51. The van der Waals surface area contributed by atoms with Gasteiger partial charge in [-0.15, -0.1) is 0 Å². The van der Waals surface area contributed by atoms with Crippen molar-refractivity contribution in [2.24, 2.45) is 5.73 Å². The maximum Gasteiger partial charge on any atom is 0.411 e. The molecule has 1 rings (SSSR count). The van der Waals surface area contributed by atoms with E-state index in [9.17, 15) is 13.2 Å². The van der Waals surface area contributed by atoms with Crippen LogP contribution in [-0.4, -0.2) is 24.9 Å². The Labute approximate surface area is 108 Å². The van der Waals surface area contributed by atoms with E-state index in [1.54, 1.807) is 18.2 Å². The smallest absolute Gasteiger partial charge is 0.411 e. The molecular weight excluding hydrogens is 267 g/mol. The standard InChI is InChI=1S/C11H12F3NO2S/c1-16-9-3-2-7(4-8(9)10(15)18)5-17-6-11(12,13)14/h2-4H,5-6H2,1H3,(H2,15,18). The molecule has 100 valence electrons. The van der Waals surface area contributed by atoms with Crippen molar-refractivity contribution in [1.29, 1.82) is 0 Å². The summed E-state index contributed by atoms with van der Waals surface area (Å²) in [6.07, 6.45) is -4.33. The number of benzene rings is 1. The number of alkyl halides is 3. The highest BCUT2D eigenvalue weighted by molar-refractivity contribution is 7.80. The Morgan fingerprint density at radius 2 is 2.06 bits per heavy atom. The highest BCUT2D eigenvalue weighted by Gasteiger charge is 2.27. The summed E-state index contributed by atoms with van der Waals surface area (Å²) in [4.78, 5) is 0.115. The maximum atomic E-state index is 11.9. The van der Waals surface area contributed by atoms with Crippen molar-refractivity contribution in [1.82, 2.24) is 0 Å². The van der Waals surface area contributed by atoms with Crippen LogP contribution in [0.15, 0.2) is 18.2 Å². The number of ether oxygens (including phenoxy) is 2. The number of rotatable bonds is 5. The van der Waals surface area contributed by atoms with Gasteiger partial charge in [-0.1, -0.05) is 18.3 Å².